The number of benzene rings is 2. The molecule has 5 rings (SSSR count). The molecule has 1 spiro atoms. The van der Waals surface area contributed by atoms with Crippen molar-refractivity contribution in [2.24, 2.45) is 22.2 Å². The highest BCUT2D eigenvalue weighted by molar-refractivity contribution is 5.54. The molecule has 0 saturated heterocycles. The largest absolute Gasteiger partial charge is 0.388 e. The Labute approximate surface area is 175 Å². The van der Waals surface area contributed by atoms with Crippen LogP contribution in [-0.4, -0.2) is 24.8 Å². The predicted molar refractivity (Wildman–Crippen MR) is 120 cm³/mol. The number of anilines is 1. The van der Waals surface area contributed by atoms with Crippen LogP contribution in [0.25, 0.3) is 0 Å². The molecular weight excluding hydrogens is 354 g/mol. The number of rotatable bonds is 3. The summed E-state index contributed by atoms with van der Waals surface area (Å²) in [4.78, 5) is 2.19. The van der Waals surface area contributed by atoms with Crippen LogP contribution in [0.1, 0.15) is 50.3 Å². The molecule has 2 aromatic carbocycles. The highest BCUT2D eigenvalue weighted by Gasteiger charge is 2.79. The summed E-state index contributed by atoms with van der Waals surface area (Å²) in [6.45, 7) is 7.26. The van der Waals surface area contributed by atoms with Crippen molar-refractivity contribution in [1.82, 2.24) is 0 Å². The molecule has 2 nitrogen and oxygen atoms in total. The van der Waals surface area contributed by atoms with Crippen LogP contribution in [-0.2, 0) is 19.3 Å². The molecule has 2 aromatic rings. The first-order valence-electron chi connectivity index (χ1n) is 11.2. The third kappa shape index (κ3) is 2.16. The van der Waals surface area contributed by atoms with Gasteiger partial charge in [0, 0.05) is 37.0 Å². The summed E-state index contributed by atoms with van der Waals surface area (Å²) in [6.07, 6.45) is 5.16. The molecule has 2 fully saturated rings. The van der Waals surface area contributed by atoms with Crippen LogP contribution >= 0.6 is 0 Å². The van der Waals surface area contributed by atoms with Gasteiger partial charge in [0.2, 0.25) is 0 Å². The molecule has 2 bridgehead atoms. The third-order valence-electron chi connectivity index (χ3n) is 9.68. The fraction of sp³-hybridized carbons (Fsp3) is 0.556. The van der Waals surface area contributed by atoms with Gasteiger partial charge in [-0.25, -0.2) is 0 Å². The Morgan fingerprint density at radius 1 is 0.931 bits per heavy atom. The van der Waals surface area contributed by atoms with Crippen LogP contribution in [0.3, 0.4) is 0 Å². The molecule has 0 amide bonds. The Hall–Kier alpha value is -1.80. The van der Waals surface area contributed by atoms with E-state index in [-0.39, 0.29) is 16.2 Å². The highest BCUT2D eigenvalue weighted by Crippen LogP contribution is 2.79. The minimum atomic E-state index is -0.711. The van der Waals surface area contributed by atoms with Gasteiger partial charge in [0.1, 0.15) is 0 Å². The maximum Gasteiger partial charge on any atom is 0.0812 e. The maximum atomic E-state index is 12.8. The number of nitrogens with zero attached hydrogens (tertiary/aromatic N) is 1. The molecular formula is C27H35NO. The van der Waals surface area contributed by atoms with Crippen LogP contribution in [0.15, 0.2) is 48.5 Å². The molecule has 3 aliphatic carbocycles. The fourth-order valence-electron chi connectivity index (χ4n) is 7.97. The number of hydrogen-bond acceptors (Lipinski definition) is 2. The number of para-hydroxylation sites is 1. The molecule has 1 N–H and O–H groups in total. The third-order valence-corrected chi connectivity index (χ3v) is 9.68. The van der Waals surface area contributed by atoms with E-state index in [1.165, 1.54) is 28.8 Å². The van der Waals surface area contributed by atoms with Gasteiger partial charge in [-0.3, -0.25) is 0 Å². The SMILES string of the molecule is CN(C)c1ccccc1C[C@]1(O)C2(Cc3ccccc3C2)[C@H]2CC[C@]1(C)C2(C)C. The normalized spacial score (nSPS) is 33.2. The zero-order chi connectivity index (χ0) is 20.7. The molecule has 0 heterocycles. The second-order valence-corrected chi connectivity index (χ2v) is 11.0. The average molecular weight is 390 g/mol. The molecule has 154 valence electrons. The van der Waals surface area contributed by atoms with Crippen LogP contribution in [0, 0.1) is 22.2 Å². The van der Waals surface area contributed by atoms with Gasteiger partial charge in [-0.05, 0) is 59.8 Å². The summed E-state index contributed by atoms with van der Waals surface area (Å²) in [6, 6.07) is 17.6. The summed E-state index contributed by atoms with van der Waals surface area (Å²) in [5.74, 6) is 0.559. The molecule has 0 aromatic heterocycles. The fourth-order valence-corrected chi connectivity index (χ4v) is 7.97. The van der Waals surface area contributed by atoms with E-state index >= 15 is 0 Å². The molecule has 3 atom stereocenters. The Morgan fingerprint density at radius 2 is 1.52 bits per heavy atom. The van der Waals surface area contributed by atoms with Crippen molar-refractivity contribution in [1.29, 1.82) is 0 Å². The monoisotopic (exact) mass is 389 g/mol. The van der Waals surface area contributed by atoms with Crippen molar-refractivity contribution in [2.45, 2.75) is 58.5 Å². The van der Waals surface area contributed by atoms with Crippen molar-refractivity contribution < 1.29 is 5.11 Å². The first-order valence-corrected chi connectivity index (χ1v) is 11.2. The van der Waals surface area contributed by atoms with Crippen LogP contribution in [0.2, 0.25) is 0 Å². The number of aliphatic hydroxyl groups is 1. The van der Waals surface area contributed by atoms with Gasteiger partial charge in [0.15, 0.2) is 0 Å². The summed E-state index contributed by atoms with van der Waals surface area (Å²) in [7, 11) is 4.22. The molecule has 29 heavy (non-hydrogen) atoms. The van der Waals surface area contributed by atoms with E-state index < -0.39 is 5.60 Å². The lowest BCUT2D eigenvalue weighted by Gasteiger charge is -2.53. The van der Waals surface area contributed by atoms with E-state index in [0.29, 0.717) is 5.92 Å². The lowest BCUT2D eigenvalue weighted by atomic mass is 9.55. The molecule has 0 unspecified atom stereocenters. The number of hydrogen-bond donors (Lipinski definition) is 1. The van der Waals surface area contributed by atoms with E-state index in [9.17, 15) is 5.11 Å². The van der Waals surface area contributed by atoms with E-state index in [1.54, 1.807) is 0 Å². The standard InChI is InChI=1S/C27H35NO/c1-24(2)23-14-15-25(24,3)27(29,18-21-12-8-9-13-22(21)28(4)5)26(23)16-19-10-6-7-11-20(19)17-26/h6-13,23,29H,14-18H2,1-5H3/t23-,25+,27+/m0/s1. The summed E-state index contributed by atoms with van der Waals surface area (Å²) < 4.78 is 0. The first kappa shape index (κ1) is 19.2. The Bertz CT molecular complexity index is 936. The van der Waals surface area contributed by atoms with E-state index in [1.807, 2.05) is 0 Å². The Balaban J connectivity index is 1.68. The highest BCUT2D eigenvalue weighted by atomic mass is 16.3. The zero-order valence-corrected chi connectivity index (χ0v) is 18.6. The average Bonchev–Trinajstić information content (AvgIpc) is 3.20. The maximum absolute atomic E-state index is 12.8. The van der Waals surface area contributed by atoms with Gasteiger partial charge in [0.05, 0.1) is 5.60 Å². The van der Waals surface area contributed by atoms with Gasteiger partial charge in [0.25, 0.3) is 0 Å². The first-order chi connectivity index (χ1) is 13.7. The van der Waals surface area contributed by atoms with E-state index in [2.05, 4.69) is 88.3 Å². The van der Waals surface area contributed by atoms with E-state index in [0.717, 1.165) is 25.7 Å². The van der Waals surface area contributed by atoms with Crippen molar-refractivity contribution in [3.63, 3.8) is 0 Å². The smallest absolute Gasteiger partial charge is 0.0812 e. The summed E-state index contributed by atoms with van der Waals surface area (Å²) >= 11 is 0. The summed E-state index contributed by atoms with van der Waals surface area (Å²) in [5, 5.41) is 12.8. The van der Waals surface area contributed by atoms with Crippen LogP contribution in [0.4, 0.5) is 5.69 Å². The minimum Gasteiger partial charge on any atom is -0.388 e. The minimum absolute atomic E-state index is 0.0629. The Morgan fingerprint density at radius 3 is 2.14 bits per heavy atom. The lowest BCUT2D eigenvalue weighted by molar-refractivity contribution is -0.159. The van der Waals surface area contributed by atoms with Gasteiger partial charge in [-0.15, -0.1) is 0 Å². The predicted octanol–water partition coefficient (Wildman–Crippen LogP) is 5.27. The summed E-state index contributed by atoms with van der Waals surface area (Å²) in [5.41, 5.74) is 4.71. The van der Waals surface area contributed by atoms with Crippen molar-refractivity contribution in [2.75, 3.05) is 19.0 Å². The quantitative estimate of drug-likeness (QED) is 0.773. The molecule has 3 aliphatic rings. The molecule has 0 radical (unpaired) electrons. The van der Waals surface area contributed by atoms with Crippen LogP contribution < -0.4 is 4.90 Å². The van der Waals surface area contributed by atoms with Crippen molar-refractivity contribution in [3.05, 3.63) is 65.2 Å². The van der Waals surface area contributed by atoms with Gasteiger partial charge in [-0.1, -0.05) is 63.2 Å². The second kappa shape index (κ2) is 5.88. The Kier molecular flexibility index (Phi) is 3.89. The van der Waals surface area contributed by atoms with Gasteiger partial charge < -0.3 is 10.0 Å². The number of fused-ring (bicyclic) bond motifs is 4. The van der Waals surface area contributed by atoms with Crippen LogP contribution in [0.5, 0.6) is 0 Å². The molecule has 0 aliphatic heterocycles. The van der Waals surface area contributed by atoms with Crippen molar-refractivity contribution in [3.8, 4) is 0 Å². The van der Waals surface area contributed by atoms with Crippen molar-refractivity contribution >= 4 is 5.69 Å². The second-order valence-electron chi connectivity index (χ2n) is 11.0. The topological polar surface area (TPSA) is 23.5 Å². The zero-order valence-electron chi connectivity index (χ0n) is 18.6. The lowest BCUT2D eigenvalue weighted by Crippen LogP contribution is -2.59. The van der Waals surface area contributed by atoms with Gasteiger partial charge in [-0.2, -0.15) is 0 Å². The van der Waals surface area contributed by atoms with Gasteiger partial charge >= 0.3 is 0 Å². The van der Waals surface area contributed by atoms with E-state index in [4.69, 9.17) is 0 Å². The molecule has 2 heteroatoms. The molecule has 2 saturated carbocycles.